The van der Waals surface area contributed by atoms with Gasteiger partial charge in [-0.05, 0) is 11.6 Å². The predicted octanol–water partition coefficient (Wildman–Crippen LogP) is 2.08. The zero-order valence-electron chi connectivity index (χ0n) is 15.3. The number of nitrogens with two attached hydrogens (primary N) is 1. The molecule has 8 nitrogen and oxygen atoms in total. The highest BCUT2D eigenvalue weighted by Gasteiger charge is 2.25. The van der Waals surface area contributed by atoms with Gasteiger partial charge in [0, 0.05) is 44.9 Å². The molecule has 0 atom stereocenters. The third kappa shape index (κ3) is 4.94. The van der Waals surface area contributed by atoms with E-state index in [2.05, 4.69) is 17.1 Å². The summed E-state index contributed by atoms with van der Waals surface area (Å²) in [5, 5.41) is 16.2. The summed E-state index contributed by atoms with van der Waals surface area (Å²) in [6, 6.07) is 13.8. The van der Waals surface area contributed by atoms with Crippen LogP contribution in [0.3, 0.4) is 0 Å². The SMILES string of the molecule is NS(=O)(=O)c1cc([N+](=O)[O-])ccc1N1CCN(CC=Cc2ccccc2)CC1. The van der Waals surface area contributed by atoms with E-state index >= 15 is 0 Å². The maximum atomic E-state index is 11.9. The number of piperazine rings is 1. The van der Waals surface area contributed by atoms with Crippen molar-refractivity contribution in [1.29, 1.82) is 0 Å². The number of rotatable bonds is 6. The number of hydrogen-bond acceptors (Lipinski definition) is 6. The Bertz CT molecular complexity index is 969. The molecule has 0 spiro atoms. The number of nitro groups is 1. The number of benzene rings is 2. The fourth-order valence-corrected chi connectivity index (χ4v) is 3.95. The fraction of sp³-hybridized carbons (Fsp3) is 0.263. The molecule has 9 heteroatoms. The van der Waals surface area contributed by atoms with Gasteiger partial charge in [-0.3, -0.25) is 15.0 Å². The van der Waals surface area contributed by atoms with Crippen LogP contribution in [-0.2, 0) is 10.0 Å². The quantitative estimate of drug-likeness (QED) is 0.585. The number of primary sulfonamides is 1. The summed E-state index contributed by atoms with van der Waals surface area (Å²) < 4.78 is 23.8. The lowest BCUT2D eigenvalue weighted by molar-refractivity contribution is -0.385. The first-order chi connectivity index (χ1) is 13.3. The Balaban J connectivity index is 1.66. The second-order valence-electron chi connectivity index (χ2n) is 6.55. The molecule has 0 aromatic heterocycles. The van der Waals surface area contributed by atoms with Gasteiger partial charge in [0.05, 0.1) is 10.6 Å². The number of anilines is 1. The molecule has 1 aliphatic heterocycles. The summed E-state index contributed by atoms with van der Waals surface area (Å²) in [4.78, 5) is 14.3. The van der Waals surface area contributed by atoms with E-state index in [1.807, 2.05) is 35.2 Å². The van der Waals surface area contributed by atoms with Gasteiger partial charge in [-0.1, -0.05) is 42.5 Å². The van der Waals surface area contributed by atoms with Gasteiger partial charge in [0.1, 0.15) is 4.90 Å². The molecule has 1 saturated heterocycles. The number of sulfonamides is 1. The van der Waals surface area contributed by atoms with Crippen molar-refractivity contribution in [3.8, 4) is 0 Å². The van der Waals surface area contributed by atoms with Gasteiger partial charge in [0.25, 0.3) is 5.69 Å². The Morgan fingerprint density at radius 3 is 2.36 bits per heavy atom. The van der Waals surface area contributed by atoms with Crippen molar-refractivity contribution in [2.75, 3.05) is 37.6 Å². The molecule has 1 aliphatic rings. The molecule has 2 aromatic rings. The van der Waals surface area contributed by atoms with Crippen molar-refractivity contribution in [2.45, 2.75) is 4.90 Å². The Kier molecular flexibility index (Phi) is 6.08. The minimum atomic E-state index is -4.07. The van der Waals surface area contributed by atoms with E-state index in [1.54, 1.807) is 0 Å². The second-order valence-corrected chi connectivity index (χ2v) is 8.08. The average molecular weight is 402 g/mol. The van der Waals surface area contributed by atoms with E-state index in [0.717, 1.165) is 31.3 Å². The van der Waals surface area contributed by atoms with Crippen LogP contribution in [0, 0.1) is 10.1 Å². The molecule has 0 bridgehead atoms. The van der Waals surface area contributed by atoms with Gasteiger partial charge >= 0.3 is 0 Å². The first kappa shape index (κ1) is 20.0. The van der Waals surface area contributed by atoms with E-state index in [0.29, 0.717) is 18.8 Å². The minimum Gasteiger partial charge on any atom is -0.368 e. The van der Waals surface area contributed by atoms with Crippen LogP contribution in [0.25, 0.3) is 6.08 Å². The van der Waals surface area contributed by atoms with Crippen molar-refractivity contribution < 1.29 is 13.3 Å². The second kappa shape index (κ2) is 8.51. The number of nitrogens with zero attached hydrogens (tertiary/aromatic N) is 3. The van der Waals surface area contributed by atoms with Crippen LogP contribution in [0.1, 0.15) is 5.56 Å². The first-order valence-corrected chi connectivity index (χ1v) is 10.4. The lowest BCUT2D eigenvalue weighted by Gasteiger charge is -2.36. The molecule has 2 aromatic carbocycles. The predicted molar refractivity (Wildman–Crippen MR) is 109 cm³/mol. The highest BCUT2D eigenvalue weighted by Crippen LogP contribution is 2.29. The van der Waals surface area contributed by atoms with Gasteiger partial charge in [0.15, 0.2) is 0 Å². The van der Waals surface area contributed by atoms with Gasteiger partial charge in [0.2, 0.25) is 10.0 Å². The van der Waals surface area contributed by atoms with Gasteiger partial charge < -0.3 is 4.90 Å². The van der Waals surface area contributed by atoms with Crippen molar-refractivity contribution >= 4 is 27.5 Å². The van der Waals surface area contributed by atoms with Crippen LogP contribution in [0.5, 0.6) is 0 Å². The molecule has 0 amide bonds. The third-order valence-electron chi connectivity index (χ3n) is 4.65. The van der Waals surface area contributed by atoms with Crippen LogP contribution in [0.4, 0.5) is 11.4 Å². The van der Waals surface area contributed by atoms with E-state index in [-0.39, 0.29) is 10.6 Å². The average Bonchev–Trinajstić information content (AvgIpc) is 2.68. The number of non-ortho nitro benzene ring substituents is 1. The third-order valence-corrected chi connectivity index (χ3v) is 5.59. The van der Waals surface area contributed by atoms with E-state index in [4.69, 9.17) is 5.14 Å². The van der Waals surface area contributed by atoms with Gasteiger partial charge in [-0.25, -0.2) is 13.6 Å². The monoisotopic (exact) mass is 402 g/mol. The molecule has 2 N–H and O–H groups in total. The molecule has 0 unspecified atom stereocenters. The molecular formula is C19H22N4O4S. The zero-order chi connectivity index (χ0) is 20.1. The van der Waals surface area contributed by atoms with Crippen molar-refractivity contribution in [2.24, 2.45) is 5.14 Å². The summed E-state index contributed by atoms with van der Waals surface area (Å²) in [5.41, 5.74) is 1.26. The Hall–Kier alpha value is -2.75. The van der Waals surface area contributed by atoms with Crippen LogP contribution in [0.2, 0.25) is 0 Å². The van der Waals surface area contributed by atoms with E-state index in [1.165, 1.54) is 12.1 Å². The van der Waals surface area contributed by atoms with Gasteiger partial charge in [-0.2, -0.15) is 0 Å². The van der Waals surface area contributed by atoms with Crippen LogP contribution in [0.15, 0.2) is 59.5 Å². The summed E-state index contributed by atoms with van der Waals surface area (Å²) in [6.45, 7) is 3.52. The molecule has 0 aliphatic carbocycles. The van der Waals surface area contributed by atoms with Crippen molar-refractivity contribution in [1.82, 2.24) is 4.90 Å². The lowest BCUT2D eigenvalue weighted by atomic mass is 10.2. The standard InChI is InChI=1S/C19H22N4O4S/c20-28(26,27)19-15-17(23(24)25)8-9-18(19)22-13-11-21(12-14-22)10-4-7-16-5-2-1-3-6-16/h1-9,15H,10-14H2,(H2,20,26,27). The molecule has 148 valence electrons. The van der Waals surface area contributed by atoms with Gasteiger partial charge in [-0.15, -0.1) is 0 Å². The number of nitro benzene ring substituents is 1. The molecule has 0 saturated carbocycles. The lowest BCUT2D eigenvalue weighted by Crippen LogP contribution is -2.46. The van der Waals surface area contributed by atoms with Crippen LogP contribution in [-0.4, -0.2) is 51.0 Å². The topological polar surface area (TPSA) is 110 Å². The Morgan fingerprint density at radius 1 is 1.07 bits per heavy atom. The Morgan fingerprint density at radius 2 is 1.75 bits per heavy atom. The maximum Gasteiger partial charge on any atom is 0.270 e. The summed E-state index contributed by atoms with van der Waals surface area (Å²) in [5.74, 6) is 0. The van der Waals surface area contributed by atoms with E-state index < -0.39 is 14.9 Å². The Labute approximate surface area is 164 Å². The fourth-order valence-electron chi connectivity index (χ4n) is 3.18. The van der Waals surface area contributed by atoms with Crippen LogP contribution >= 0.6 is 0 Å². The normalized spacial score (nSPS) is 15.8. The van der Waals surface area contributed by atoms with Crippen molar-refractivity contribution in [3.63, 3.8) is 0 Å². The first-order valence-electron chi connectivity index (χ1n) is 8.85. The largest absolute Gasteiger partial charge is 0.368 e. The molecule has 28 heavy (non-hydrogen) atoms. The zero-order valence-corrected chi connectivity index (χ0v) is 16.1. The molecule has 3 rings (SSSR count). The summed E-state index contributed by atoms with van der Waals surface area (Å²) in [6.07, 6.45) is 4.18. The van der Waals surface area contributed by atoms with E-state index in [9.17, 15) is 18.5 Å². The minimum absolute atomic E-state index is 0.209. The van der Waals surface area contributed by atoms with Crippen molar-refractivity contribution in [3.05, 3.63) is 70.3 Å². The molecule has 0 radical (unpaired) electrons. The van der Waals surface area contributed by atoms with Crippen LogP contribution < -0.4 is 10.0 Å². The number of hydrogen-bond donors (Lipinski definition) is 1. The highest BCUT2D eigenvalue weighted by atomic mass is 32.2. The molecular weight excluding hydrogens is 380 g/mol. The molecule has 1 heterocycles. The highest BCUT2D eigenvalue weighted by molar-refractivity contribution is 7.89. The smallest absolute Gasteiger partial charge is 0.270 e. The summed E-state index contributed by atoms with van der Waals surface area (Å²) in [7, 11) is -4.07. The molecule has 1 fully saturated rings. The summed E-state index contributed by atoms with van der Waals surface area (Å²) >= 11 is 0. The maximum absolute atomic E-state index is 11.9.